The summed E-state index contributed by atoms with van der Waals surface area (Å²) < 4.78 is 42.2. The third-order valence-corrected chi connectivity index (χ3v) is 5.96. The Bertz CT molecular complexity index is 1660. The number of aromatic amines is 1. The molecule has 11 nitrogen and oxygen atoms in total. The molecule has 1 aliphatic heterocycles. The monoisotopic (exact) mass is 522 g/mol. The van der Waals surface area contributed by atoms with Crippen LogP contribution in [0.1, 0.15) is 12.5 Å². The van der Waals surface area contributed by atoms with Gasteiger partial charge in [0.15, 0.2) is 17.0 Å². The first kappa shape index (κ1) is 24.7. The fraction of sp³-hybridized carbons (Fsp3) is 0.240. The lowest BCUT2D eigenvalue weighted by Crippen LogP contribution is -2.37. The second kappa shape index (κ2) is 9.47. The van der Waals surface area contributed by atoms with Crippen LogP contribution in [0.3, 0.4) is 0 Å². The Morgan fingerprint density at radius 2 is 2.03 bits per heavy atom. The Hall–Kier alpha value is -4.99. The van der Waals surface area contributed by atoms with Crippen molar-refractivity contribution in [2.24, 2.45) is 0 Å². The number of benzene rings is 2. The van der Waals surface area contributed by atoms with E-state index in [0.29, 0.717) is 28.1 Å². The summed E-state index contributed by atoms with van der Waals surface area (Å²) in [7, 11) is 1.48. The van der Waals surface area contributed by atoms with E-state index in [0.717, 1.165) is 4.68 Å². The van der Waals surface area contributed by atoms with Crippen LogP contribution in [0.15, 0.2) is 47.5 Å². The molecule has 0 spiro atoms. The molecule has 3 heterocycles. The first-order valence-electron chi connectivity index (χ1n) is 11.4. The van der Waals surface area contributed by atoms with Gasteiger partial charge in [-0.2, -0.15) is 10.4 Å². The average molecular weight is 522 g/mol. The standard InChI is InChI=1S/C25H20F2N6O5/c1-3-32(16-6-7-17-19(11-16)38-25(26,27)37-17)20(34)12-33-24(35)23-22(29-13-30-23)21(31-33)15-5-4-14(8-9-28)18(10-15)36-2/h4-7,10-11,13H,3,8,12H2,1-2H3,(H,29,30). The maximum atomic E-state index is 13.4. The van der Waals surface area contributed by atoms with E-state index in [-0.39, 0.29) is 35.7 Å². The predicted octanol–water partition coefficient (Wildman–Crippen LogP) is 3.24. The number of anilines is 1. The molecule has 5 rings (SSSR count). The number of carbonyl (C=O) groups is 1. The van der Waals surface area contributed by atoms with Gasteiger partial charge in [-0.3, -0.25) is 9.59 Å². The minimum Gasteiger partial charge on any atom is -0.496 e. The first-order chi connectivity index (χ1) is 18.2. The van der Waals surface area contributed by atoms with E-state index in [1.807, 2.05) is 0 Å². The van der Waals surface area contributed by atoms with Crippen molar-refractivity contribution < 1.29 is 27.8 Å². The number of likely N-dealkylation sites (N-methyl/N-ethyl adjacent to an activating group) is 1. The van der Waals surface area contributed by atoms with Gasteiger partial charge in [0, 0.05) is 29.4 Å². The molecule has 0 aliphatic carbocycles. The zero-order valence-electron chi connectivity index (χ0n) is 20.2. The number of rotatable bonds is 7. The highest BCUT2D eigenvalue weighted by Gasteiger charge is 2.43. The third kappa shape index (κ3) is 4.36. The summed E-state index contributed by atoms with van der Waals surface area (Å²) in [6, 6.07) is 11.2. The van der Waals surface area contributed by atoms with Crippen LogP contribution >= 0.6 is 0 Å². The molecule has 0 fully saturated rings. The van der Waals surface area contributed by atoms with Gasteiger partial charge in [-0.15, -0.1) is 8.78 Å². The van der Waals surface area contributed by atoms with E-state index in [1.165, 1.54) is 36.5 Å². The molecule has 0 bridgehead atoms. The zero-order valence-corrected chi connectivity index (χ0v) is 20.2. The number of halogens is 2. The fourth-order valence-electron chi connectivity index (χ4n) is 4.23. The van der Waals surface area contributed by atoms with Gasteiger partial charge in [0.25, 0.3) is 5.56 Å². The van der Waals surface area contributed by atoms with E-state index in [2.05, 4.69) is 30.6 Å². The number of nitrogens with zero attached hydrogens (tertiary/aromatic N) is 5. The van der Waals surface area contributed by atoms with E-state index < -0.39 is 24.3 Å². The molecule has 4 aromatic rings. The third-order valence-electron chi connectivity index (χ3n) is 5.96. The van der Waals surface area contributed by atoms with Crippen LogP contribution in [0, 0.1) is 11.3 Å². The molecular weight excluding hydrogens is 502 g/mol. The minimum absolute atomic E-state index is 0.0798. The number of ether oxygens (including phenoxy) is 3. The SMILES string of the molecule is CCN(C(=O)Cn1nc(-c2ccc(CC#N)c(OC)c2)c2[nH]cnc2c1=O)c1ccc2c(c1)OC(F)(F)O2. The van der Waals surface area contributed by atoms with Crippen LogP contribution in [-0.4, -0.2) is 45.6 Å². The number of hydrogen-bond acceptors (Lipinski definition) is 8. The summed E-state index contributed by atoms with van der Waals surface area (Å²) in [4.78, 5) is 34.7. The summed E-state index contributed by atoms with van der Waals surface area (Å²) >= 11 is 0. The Balaban J connectivity index is 1.50. The number of H-pyrrole nitrogens is 1. The summed E-state index contributed by atoms with van der Waals surface area (Å²) in [5.41, 5.74) is 1.75. The molecule has 0 saturated carbocycles. The number of methoxy groups -OCH3 is 1. The summed E-state index contributed by atoms with van der Waals surface area (Å²) in [5.74, 6) is -0.401. The lowest BCUT2D eigenvalue weighted by molar-refractivity contribution is -0.286. The number of carbonyl (C=O) groups excluding carboxylic acids is 1. The molecule has 1 amide bonds. The number of alkyl halides is 2. The average Bonchev–Trinajstić information content (AvgIpc) is 3.50. The van der Waals surface area contributed by atoms with Crippen molar-refractivity contribution in [3.05, 3.63) is 58.6 Å². The highest BCUT2D eigenvalue weighted by molar-refractivity contribution is 5.94. The van der Waals surface area contributed by atoms with Gasteiger partial charge in [-0.1, -0.05) is 12.1 Å². The Morgan fingerprint density at radius 3 is 2.76 bits per heavy atom. The topological polar surface area (TPSA) is 135 Å². The van der Waals surface area contributed by atoms with Crippen molar-refractivity contribution >= 4 is 22.6 Å². The smallest absolute Gasteiger partial charge is 0.496 e. The summed E-state index contributed by atoms with van der Waals surface area (Å²) in [6.07, 6.45) is -2.29. The fourth-order valence-corrected chi connectivity index (χ4v) is 4.23. The van der Waals surface area contributed by atoms with Crippen molar-refractivity contribution in [1.29, 1.82) is 5.26 Å². The maximum absolute atomic E-state index is 13.4. The van der Waals surface area contributed by atoms with Crippen LogP contribution in [-0.2, 0) is 17.8 Å². The molecule has 13 heteroatoms. The van der Waals surface area contributed by atoms with E-state index >= 15 is 0 Å². The molecule has 0 atom stereocenters. The molecule has 0 radical (unpaired) electrons. The van der Waals surface area contributed by atoms with Gasteiger partial charge in [-0.05, 0) is 25.1 Å². The summed E-state index contributed by atoms with van der Waals surface area (Å²) in [5, 5.41) is 13.5. The van der Waals surface area contributed by atoms with E-state index in [1.54, 1.807) is 25.1 Å². The predicted molar refractivity (Wildman–Crippen MR) is 130 cm³/mol. The Labute approximate surface area is 213 Å². The van der Waals surface area contributed by atoms with Crippen LogP contribution in [0.2, 0.25) is 0 Å². The van der Waals surface area contributed by atoms with Crippen molar-refractivity contribution in [2.75, 3.05) is 18.6 Å². The van der Waals surface area contributed by atoms with Gasteiger partial charge >= 0.3 is 6.29 Å². The normalized spacial score (nSPS) is 13.3. The zero-order chi connectivity index (χ0) is 27.0. The molecule has 1 aliphatic rings. The van der Waals surface area contributed by atoms with Crippen LogP contribution in [0.4, 0.5) is 14.5 Å². The minimum atomic E-state index is -3.79. The second-order valence-electron chi connectivity index (χ2n) is 8.24. The number of aromatic nitrogens is 4. The Morgan fingerprint density at radius 1 is 1.24 bits per heavy atom. The molecule has 0 saturated heterocycles. The van der Waals surface area contributed by atoms with Crippen molar-refractivity contribution in [2.45, 2.75) is 26.2 Å². The highest BCUT2D eigenvalue weighted by Crippen LogP contribution is 2.42. The second-order valence-corrected chi connectivity index (χ2v) is 8.24. The largest absolute Gasteiger partial charge is 0.586 e. The number of hydrogen-bond donors (Lipinski definition) is 1. The number of fused-ring (bicyclic) bond motifs is 2. The molecule has 194 valence electrons. The lowest BCUT2D eigenvalue weighted by Gasteiger charge is -2.21. The van der Waals surface area contributed by atoms with Gasteiger partial charge < -0.3 is 24.1 Å². The number of nitriles is 1. The van der Waals surface area contributed by atoms with Gasteiger partial charge in [-0.25, -0.2) is 9.67 Å². The van der Waals surface area contributed by atoms with Crippen LogP contribution in [0.5, 0.6) is 17.2 Å². The molecular formula is C25H20F2N6O5. The summed E-state index contributed by atoms with van der Waals surface area (Å²) in [6.45, 7) is 1.43. The van der Waals surface area contributed by atoms with Crippen molar-refractivity contribution in [3.63, 3.8) is 0 Å². The molecule has 2 aromatic heterocycles. The van der Waals surface area contributed by atoms with Crippen molar-refractivity contribution in [3.8, 4) is 34.6 Å². The molecule has 1 N–H and O–H groups in total. The number of nitrogens with one attached hydrogen (secondary N) is 1. The Kier molecular flexibility index (Phi) is 6.15. The number of imidazole rings is 1. The molecule has 0 unspecified atom stereocenters. The van der Waals surface area contributed by atoms with Crippen LogP contribution < -0.4 is 24.7 Å². The van der Waals surface area contributed by atoms with E-state index in [4.69, 9.17) is 10.00 Å². The lowest BCUT2D eigenvalue weighted by atomic mass is 10.0. The number of amides is 1. The van der Waals surface area contributed by atoms with Crippen molar-refractivity contribution in [1.82, 2.24) is 19.7 Å². The van der Waals surface area contributed by atoms with E-state index in [9.17, 15) is 18.4 Å². The van der Waals surface area contributed by atoms with Gasteiger partial charge in [0.1, 0.15) is 18.0 Å². The highest BCUT2D eigenvalue weighted by atomic mass is 19.3. The van der Waals surface area contributed by atoms with Crippen LogP contribution in [0.25, 0.3) is 22.3 Å². The first-order valence-corrected chi connectivity index (χ1v) is 11.4. The molecule has 2 aromatic carbocycles. The maximum Gasteiger partial charge on any atom is 0.586 e. The molecule has 38 heavy (non-hydrogen) atoms. The van der Waals surface area contributed by atoms with Gasteiger partial charge in [0.2, 0.25) is 5.91 Å². The quantitative estimate of drug-likeness (QED) is 0.391. The van der Waals surface area contributed by atoms with Gasteiger partial charge in [0.05, 0.1) is 31.4 Å².